The highest BCUT2D eigenvalue weighted by Crippen LogP contribution is 2.41. The van der Waals surface area contributed by atoms with Crippen LogP contribution in [0.2, 0.25) is 0 Å². The number of aromatic nitrogens is 1. The van der Waals surface area contributed by atoms with E-state index in [1.807, 2.05) is 36.4 Å². The Morgan fingerprint density at radius 1 is 1.00 bits per heavy atom. The van der Waals surface area contributed by atoms with Crippen molar-refractivity contribution in [1.29, 1.82) is 0 Å². The van der Waals surface area contributed by atoms with E-state index in [9.17, 15) is 9.59 Å². The molecule has 0 amide bonds. The molecule has 1 aromatic heterocycles. The zero-order valence-electron chi connectivity index (χ0n) is 25.2. The highest BCUT2D eigenvalue weighted by molar-refractivity contribution is 9.10. The largest absolute Gasteiger partial charge is 0.493 e. The van der Waals surface area contributed by atoms with Crippen LogP contribution in [0, 0.1) is 0 Å². The summed E-state index contributed by atoms with van der Waals surface area (Å²) in [4.78, 5) is 32.7. The fourth-order valence-electron chi connectivity index (χ4n) is 5.00. The van der Waals surface area contributed by atoms with Gasteiger partial charge in [0.25, 0.3) is 5.56 Å². The third-order valence-corrected chi connectivity index (χ3v) is 9.33. The van der Waals surface area contributed by atoms with Crippen molar-refractivity contribution in [2.75, 3.05) is 27.9 Å². The van der Waals surface area contributed by atoms with Crippen LogP contribution in [0.15, 0.2) is 84.6 Å². The molecule has 0 unspecified atom stereocenters. The van der Waals surface area contributed by atoms with Crippen LogP contribution >= 0.6 is 43.2 Å². The molecular weight excluding hydrogens is 728 g/mol. The van der Waals surface area contributed by atoms with E-state index in [0.717, 1.165) is 10.0 Å². The third-order valence-electron chi connectivity index (χ3n) is 7.13. The number of ether oxygens (including phenoxy) is 5. The van der Waals surface area contributed by atoms with E-state index in [2.05, 4.69) is 36.9 Å². The maximum absolute atomic E-state index is 14.3. The van der Waals surface area contributed by atoms with Crippen LogP contribution in [0.3, 0.4) is 0 Å². The van der Waals surface area contributed by atoms with Gasteiger partial charge in [-0.1, -0.05) is 67.5 Å². The molecule has 3 aromatic carbocycles. The van der Waals surface area contributed by atoms with Crippen molar-refractivity contribution in [1.82, 2.24) is 4.57 Å². The molecule has 1 aliphatic rings. The van der Waals surface area contributed by atoms with Gasteiger partial charge in [0.15, 0.2) is 27.8 Å². The highest BCUT2D eigenvalue weighted by atomic mass is 79.9. The molecule has 1 atom stereocenters. The lowest BCUT2D eigenvalue weighted by Crippen LogP contribution is -2.40. The summed E-state index contributed by atoms with van der Waals surface area (Å²) < 4.78 is 31.8. The first-order valence-electron chi connectivity index (χ1n) is 13.9. The molecule has 4 aromatic rings. The number of benzene rings is 3. The predicted molar refractivity (Wildman–Crippen MR) is 179 cm³/mol. The highest BCUT2D eigenvalue weighted by Gasteiger charge is 2.35. The maximum Gasteiger partial charge on any atom is 0.338 e. The van der Waals surface area contributed by atoms with Gasteiger partial charge in [-0.25, -0.2) is 9.79 Å². The van der Waals surface area contributed by atoms with E-state index >= 15 is 0 Å². The molecule has 0 bridgehead atoms. The zero-order valence-corrected chi connectivity index (χ0v) is 29.2. The Bertz CT molecular complexity index is 1970. The van der Waals surface area contributed by atoms with Gasteiger partial charge in [0.05, 0.1) is 49.8 Å². The second-order valence-corrected chi connectivity index (χ2v) is 12.6. The molecule has 2 heterocycles. The van der Waals surface area contributed by atoms with E-state index in [1.165, 1.54) is 30.1 Å². The molecule has 45 heavy (non-hydrogen) atoms. The number of hydrogen-bond donors (Lipinski definition) is 0. The number of nitrogens with zero attached hydrogens (tertiary/aromatic N) is 2. The second kappa shape index (κ2) is 14.1. The number of allylic oxidation sites excluding steroid dienone is 1. The molecule has 0 radical (unpaired) electrons. The van der Waals surface area contributed by atoms with Crippen molar-refractivity contribution in [2.45, 2.75) is 26.5 Å². The summed E-state index contributed by atoms with van der Waals surface area (Å²) in [6.07, 6.45) is 1.76. The summed E-state index contributed by atoms with van der Waals surface area (Å²) in [5, 5.41) is 0. The van der Waals surface area contributed by atoms with Crippen molar-refractivity contribution < 1.29 is 28.5 Å². The van der Waals surface area contributed by atoms with Gasteiger partial charge in [-0.2, -0.15) is 0 Å². The normalized spacial score (nSPS) is 14.5. The van der Waals surface area contributed by atoms with Crippen LogP contribution < -0.4 is 33.8 Å². The Balaban J connectivity index is 1.68. The number of fused-ring (bicyclic) bond motifs is 1. The van der Waals surface area contributed by atoms with Gasteiger partial charge in [-0.05, 0) is 61.4 Å². The first-order chi connectivity index (χ1) is 21.7. The van der Waals surface area contributed by atoms with E-state index in [4.69, 9.17) is 23.7 Å². The SMILES string of the molecule is CCOC(=O)C1=C(C)N=c2s/c(=C\c3cccc(OC)c3OCc3ccc(Br)cc3)c(=O)n2[C@H]1c1cc(OC)c(OC)cc1Br. The molecule has 1 aliphatic heterocycles. The van der Waals surface area contributed by atoms with E-state index < -0.39 is 12.0 Å². The second-order valence-electron chi connectivity index (χ2n) is 9.82. The standard InChI is InChI=1S/C33H30Br2N2O7S/c1-6-43-32(39)28-18(2)36-33-37(29(28)22-15-25(41-4)26(42-5)16-23(22)35)31(38)27(45-33)14-20-8-7-9-24(40-3)30(20)44-17-19-10-12-21(34)13-11-19/h7-16,29H,6,17H2,1-5H3/b27-14-/t29-/m0/s1. The van der Waals surface area contributed by atoms with Gasteiger partial charge in [-0.3, -0.25) is 9.36 Å². The van der Waals surface area contributed by atoms with Gasteiger partial charge in [0.2, 0.25) is 0 Å². The molecule has 0 fully saturated rings. The summed E-state index contributed by atoms with van der Waals surface area (Å²) in [5.41, 5.74) is 2.61. The number of hydrogen-bond acceptors (Lipinski definition) is 9. The van der Waals surface area contributed by atoms with Crippen molar-refractivity contribution in [3.63, 3.8) is 0 Å². The lowest BCUT2D eigenvalue weighted by molar-refractivity contribution is -0.139. The lowest BCUT2D eigenvalue weighted by Gasteiger charge is -2.26. The Morgan fingerprint density at radius 3 is 2.36 bits per heavy atom. The summed E-state index contributed by atoms with van der Waals surface area (Å²) >= 11 is 8.30. The van der Waals surface area contributed by atoms with Gasteiger partial charge >= 0.3 is 5.97 Å². The third kappa shape index (κ3) is 6.58. The van der Waals surface area contributed by atoms with Crippen LogP contribution in [0.5, 0.6) is 23.0 Å². The number of thiazole rings is 1. The quantitative estimate of drug-likeness (QED) is 0.185. The van der Waals surface area contributed by atoms with Crippen LogP contribution in [0.4, 0.5) is 0 Å². The summed E-state index contributed by atoms with van der Waals surface area (Å²) in [7, 11) is 4.63. The smallest absolute Gasteiger partial charge is 0.338 e. The first-order valence-corrected chi connectivity index (χ1v) is 16.3. The van der Waals surface area contributed by atoms with Crippen molar-refractivity contribution in [3.05, 3.63) is 111 Å². The van der Waals surface area contributed by atoms with Gasteiger partial charge in [0, 0.05) is 14.5 Å². The Labute approximate surface area is 280 Å². The number of methoxy groups -OCH3 is 3. The minimum atomic E-state index is -0.852. The molecule has 0 saturated heterocycles. The van der Waals surface area contributed by atoms with E-state index in [-0.39, 0.29) is 17.7 Å². The molecular formula is C33H30Br2N2O7S. The van der Waals surface area contributed by atoms with E-state index in [1.54, 1.807) is 45.2 Å². The number of rotatable bonds is 10. The molecule has 234 valence electrons. The molecule has 12 heteroatoms. The zero-order chi connectivity index (χ0) is 32.2. The maximum atomic E-state index is 14.3. The average molecular weight is 758 g/mol. The first kappa shape index (κ1) is 32.5. The topological polar surface area (TPSA) is 97.6 Å². The number of esters is 1. The Hall–Kier alpha value is -3.87. The number of carbonyl (C=O) groups is 1. The summed E-state index contributed by atoms with van der Waals surface area (Å²) in [6.45, 7) is 3.93. The molecule has 0 aliphatic carbocycles. The lowest BCUT2D eigenvalue weighted by atomic mass is 9.95. The van der Waals surface area contributed by atoms with E-state index in [0.29, 0.717) is 60.2 Å². The minimum Gasteiger partial charge on any atom is -0.493 e. The van der Waals surface area contributed by atoms with Crippen molar-refractivity contribution in [3.8, 4) is 23.0 Å². The Kier molecular flexibility index (Phi) is 10.2. The summed E-state index contributed by atoms with van der Waals surface area (Å²) in [5.74, 6) is 1.40. The minimum absolute atomic E-state index is 0.165. The van der Waals surface area contributed by atoms with Crippen LogP contribution in [-0.2, 0) is 16.1 Å². The molecule has 5 rings (SSSR count). The number of para-hydroxylation sites is 1. The fourth-order valence-corrected chi connectivity index (χ4v) is 6.85. The molecule has 0 spiro atoms. The fraction of sp³-hybridized carbons (Fsp3) is 0.242. The number of carbonyl (C=O) groups excluding carboxylic acids is 1. The Morgan fingerprint density at radius 2 is 1.69 bits per heavy atom. The van der Waals surface area contributed by atoms with Gasteiger partial charge in [0.1, 0.15) is 6.61 Å². The molecule has 0 N–H and O–H groups in total. The molecule has 9 nitrogen and oxygen atoms in total. The van der Waals surface area contributed by atoms with Crippen molar-refractivity contribution >= 4 is 55.2 Å². The van der Waals surface area contributed by atoms with Gasteiger partial charge < -0.3 is 23.7 Å². The predicted octanol–water partition coefficient (Wildman–Crippen LogP) is 5.93. The molecule has 0 saturated carbocycles. The monoisotopic (exact) mass is 756 g/mol. The van der Waals surface area contributed by atoms with Crippen molar-refractivity contribution in [2.24, 2.45) is 4.99 Å². The summed E-state index contributed by atoms with van der Waals surface area (Å²) in [6, 6.07) is 16.0. The van der Waals surface area contributed by atoms with Crippen LogP contribution in [0.1, 0.15) is 36.6 Å². The number of halogens is 2. The van der Waals surface area contributed by atoms with Gasteiger partial charge in [-0.15, -0.1) is 0 Å². The average Bonchev–Trinajstić information content (AvgIpc) is 3.34. The van der Waals surface area contributed by atoms with Crippen LogP contribution in [-0.4, -0.2) is 38.5 Å². The van der Waals surface area contributed by atoms with Crippen LogP contribution in [0.25, 0.3) is 6.08 Å².